The number of benzene rings is 4. The predicted molar refractivity (Wildman–Crippen MR) is 194 cm³/mol. The molecule has 284 valence electrons. The molecule has 4 N–H and O–H groups in total. The molecule has 10 nitrogen and oxygen atoms in total. The summed E-state index contributed by atoms with van der Waals surface area (Å²) in [5.41, 5.74) is 7.31. The number of likely N-dealkylation sites (N-methyl/N-ethyl adjacent to an activating group) is 2. The molecule has 0 radical (unpaired) electrons. The van der Waals surface area contributed by atoms with E-state index in [9.17, 15) is 0 Å². The quantitative estimate of drug-likeness (QED) is 0.207. The van der Waals surface area contributed by atoms with Gasteiger partial charge in [-0.3, -0.25) is 0 Å². The van der Waals surface area contributed by atoms with Crippen LogP contribution in [0.1, 0.15) is 45.5 Å². The van der Waals surface area contributed by atoms with E-state index in [2.05, 4.69) is 82.8 Å². The molecule has 8 rings (SSSR count). The van der Waals surface area contributed by atoms with Gasteiger partial charge in [0, 0.05) is 31.2 Å². The van der Waals surface area contributed by atoms with E-state index in [1.165, 1.54) is 22.3 Å². The first-order valence-electron chi connectivity index (χ1n) is 16.8. The summed E-state index contributed by atoms with van der Waals surface area (Å²) in [5, 5.41) is 0. The maximum Gasteiger partial charge on any atom is 0.204 e. The third-order valence-corrected chi connectivity index (χ3v) is 10.9. The van der Waals surface area contributed by atoms with Crippen LogP contribution in [0.25, 0.3) is 0 Å². The second-order valence-corrected chi connectivity index (χ2v) is 14.5. The minimum absolute atomic E-state index is 0. The van der Waals surface area contributed by atoms with E-state index in [1.807, 2.05) is 6.07 Å². The van der Waals surface area contributed by atoms with Gasteiger partial charge in [-0.05, 0) is 64.7 Å². The van der Waals surface area contributed by atoms with Crippen molar-refractivity contribution in [2.45, 2.75) is 37.8 Å². The maximum absolute atomic E-state index is 7.14. The second kappa shape index (κ2) is 17.0. The maximum atomic E-state index is 7.14. The highest BCUT2D eigenvalue weighted by Gasteiger charge is 2.42. The third-order valence-electron chi connectivity index (χ3n) is 10.9. The summed E-state index contributed by atoms with van der Waals surface area (Å²) in [6.07, 6.45) is 3.47. The lowest BCUT2D eigenvalue weighted by Crippen LogP contribution is -3.00. The Morgan fingerprint density at radius 1 is 0.577 bits per heavy atom. The molecule has 0 fully saturated rings. The Kier molecular flexibility index (Phi) is 14.2. The summed E-state index contributed by atoms with van der Waals surface area (Å²) in [4.78, 5) is 0. The molecule has 4 heterocycles. The summed E-state index contributed by atoms with van der Waals surface area (Å²) in [6.45, 7) is 2.00. The van der Waals surface area contributed by atoms with E-state index in [-0.39, 0.29) is 71.0 Å². The smallest absolute Gasteiger partial charge is 0.204 e. The first-order chi connectivity index (χ1) is 23.0. The molecule has 0 saturated heterocycles. The van der Waals surface area contributed by atoms with Crippen LogP contribution >= 0.6 is 0 Å². The SMILES string of the molecule is COc1ccc2cc1Oc1ccc(cc1)CC1c3cc(c(OC)cc3CC[N+]1(C)C)Oc1c(OC)c(OC)cc3c1C(C2)[N+](C)(C)CC3.O.O.[I-].[I-]. The molecule has 12 heteroatoms. The van der Waals surface area contributed by atoms with Crippen LogP contribution < -0.4 is 76.4 Å². The number of rotatable bonds is 4. The van der Waals surface area contributed by atoms with Crippen molar-refractivity contribution in [3.63, 3.8) is 0 Å². The fourth-order valence-corrected chi connectivity index (χ4v) is 7.95. The number of methoxy groups -OCH3 is 4. The number of hydrogen-bond acceptors (Lipinski definition) is 6. The molecule has 0 aliphatic carbocycles. The first kappa shape index (κ1) is 43.4. The van der Waals surface area contributed by atoms with Crippen LogP contribution in [-0.2, 0) is 25.7 Å². The Balaban J connectivity index is 0.00000182. The topological polar surface area (TPSA) is 118 Å². The Bertz CT molecular complexity index is 1870. The molecule has 52 heavy (non-hydrogen) atoms. The lowest BCUT2D eigenvalue weighted by molar-refractivity contribution is -0.923. The largest absolute Gasteiger partial charge is 1.00 e. The number of fused-ring (bicyclic) bond motifs is 2. The Labute approximate surface area is 341 Å². The van der Waals surface area contributed by atoms with Gasteiger partial charge in [0.1, 0.15) is 17.8 Å². The average Bonchev–Trinajstić information content (AvgIpc) is 3.07. The fraction of sp³-hybridized carbons (Fsp3) is 0.400. The van der Waals surface area contributed by atoms with Crippen molar-refractivity contribution < 1.29 is 96.3 Å². The normalized spacial score (nSPS) is 18.7. The van der Waals surface area contributed by atoms with Gasteiger partial charge >= 0.3 is 0 Å². The molecule has 2 atom stereocenters. The predicted octanol–water partition coefficient (Wildman–Crippen LogP) is -0.190. The van der Waals surface area contributed by atoms with Gasteiger partial charge in [-0.2, -0.15) is 0 Å². The molecule has 4 aliphatic heterocycles. The van der Waals surface area contributed by atoms with Gasteiger partial charge in [-0.1, -0.05) is 18.2 Å². The lowest BCUT2D eigenvalue weighted by Gasteiger charge is -2.44. The zero-order chi connectivity index (χ0) is 33.8. The standard InChI is InChI=1S/C40H48N2O6.2HI.2H2O/c1-41(2)17-15-27-22-34(44-6)36-24-30(27)31(41)19-25-9-12-29(13-10-25)47-35-21-26(11-14-33(35)43-5)20-32-38-28(16-18-42(32,3)4)23-37(45-7)39(46-8)40(38)48-36;;;;/h9-14,21-24,31-32H,15-20H2,1-8H3;2*1H;2*1H2/q+2;;;;/p-2. The first-order valence-corrected chi connectivity index (χ1v) is 16.8. The molecule has 4 aromatic carbocycles. The van der Waals surface area contributed by atoms with Gasteiger partial charge in [0.25, 0.3) is 0 Å². The van der Waals surface area contributed by atoms with Gasteiger partial charge < -0.3 is 96.3 Å². The van der Waals surface area contributed by atoms with Crippen molar-refractivity contribution in [2.75, 3.05) is 69.7 Å². The molecule has 4 aliphatic rings. The minimum atomic E-state index is 0. The third kappa shape index (κ3) is 7.92. The van der Waals surface area contributed by atoms with Gasteiger partial charge in [-0.25, -0.2) is 0 Å². The monoisotopic (exact) mass is 942 g/mol. The highest BCUT2D eigenvalue weighted by molar-refractivity contribution is 5.63. The van der Waals surface area contributed by atoms with E-state index in [0.29, 0.717) is 34.5 Å². The molecule has 2 unspecified atom stereocenters. The summed E-state index contributed by atoms with van der Waals surface area (Å²) in [6, 6.07) is 21.6. The summed E-state index contributed by atoms with van der Waals surface area (Å²) >= 11 is 0. The number of quaternary nitrogens is 2. The molecule has 0 aromatic heterocycles. The zero-order valence-electron chi connectivity index (χ0n) is 31.3. The van der Waals surface area contributed by atoms with Crippen LogP contribution in [0.3, 0.4) is 0 Å². The number of hydrogen-bond donors (Lipinski definition) is 0. The van der Waals surface area contributed by atoms with Crippen LogP contribution in [0.5, 0.6) is 46.0 Å². The Hall–Kier alpha value is -3.02. The van der Waals surface area contributed by atoms with E-state index >= 15 is 0 Å². The average molecular weight is 943 g/mol. The van der Waals surface area contributed by atoms with Gasteiger partial charge in [0.2, 0.25) is 5.75 Å². The van der Waals surface area contributed by atoms with Crippen molar-refractivity contribution in [1.82, 2.24) is 0 Å². The van der Waals surface area contributed by atoms with E-state index in [1.54, 1.807) is 28.4 Å². The van der Waals surface area contributed by atoms with Crippen molar-refractivity contribution in [3.05, 3.63) is 94.0 Å². The van der Waals surface area contributed by atoms with Gasteiger partial charge in [-0.15, -0.1) is 0 Å². The highest BCUT2D eigenvalue weighted by Crippen LogP contribution is 2.53. The van der Waals surface area contributed by atoms with Crippen LogP contribution in [0.15, 0.2) is 60.7 Å². The highest BCUT2D eigenvalue weighted by atomic mass is 127. The molecule has 6 bridgehead atoms. The van der Waals surface area contributed by atoms with Crippen molar-refractivity contribution in [2.24, 2.45) is 0 Å². The summed E-state index contributed by atoms with van der Waals surface area (Å²) < 4.78 is 39.1. The van der Waals surface area contributed by atoms with Crippen LogP contribution in [0, 0.1) is 0 Å². The zero-order valence-corrected chi connectivity index (χ0v) is 35.6. The Morgan fingerprint density at radius 3 is 1.77 bits per heavy atom. The summed E-state index contributed by atoms with van der Waals surface area (Å²) in [7, 11) is 16.0. The molecular formula is C40H52I2N2O8. The number of halogens is 2. The lowest BCUT2D eigenvalue weighted by atomic mass is 9.85. The van der Waals surface area contributed by atoms with Gasteiger partial charge in [0.05, 0.1) is 75.3 Å². The van der Waals surface area contributed by atoms with Crippen LogP contribution in [-0.4, -0.2) is 89.6 Å². The fourth-order valence-electron chi connectivity index (χ4n) is 7.95. The van der Waals surface area contributed by atoms with Crippen molar-refractivity contribution >= 4 is 0 Å². The van der Waals surface area contributed by atoms with Crippen LogP contribution in [0.2, 0.25) is 0 Å². The van der Waals surface area contributed by atoms with Gasteiger partial charge in [0.15, 0.2) is 34.5 Å². The van der Waals surface area contributed by atoms with E-state index < -0.39 is 0 Å². The number of nitrogens with zero attached hydrogens (tertiary/aromatic N) is 2. The molecule has 0 amide bonds. The van der Waals surface area contributed by atoms with Crippen LogP contribution in [0.4, 0.5) is 0 Å². The Morgan fingerprint density at radius 2 is 1.13 bits per heavy atom. The molecule has 0 saturated carbocycles. The minimum Gasteiger partial charge on any atom is -1.00 e. The molecular weight excluding hydrogens is 890 g/mol. The van der Waals surface area contributed by atoms with Crippen molar-refractivity contribution in [3.8, 4) is 46.0 Å². The number of ether oxygens (including phenoxy) is 6. The van der Waals surface area contributed by atoms with E-state index in [0.717, 1.165) is 70.4 Å². The molecule has 0 spiro atoms. The van der Waals surface area contributed by atoms with Crippen molar-refractivity contribution in [1.29, 1.82) is 0 Å². The molecule has 4 aromatic rings. The van der Waals surface area contributed by atoms with E-state index in [4.69, 9.17) is 28.4 Å². The summed E-state index contributed by atoms with van der Waals surface area (Å²) in [5.74, 6) is 5.51. The second-order valence-electron chi connectivity index (χ2n) is 14.5.